The molecular formula is C8H3F2N3O4. The Bertz CT molecular complexity index is 538. The van der Waals surface area contributed by atoms with E-state index in [9.17, 15) is 23.7 Å². The van der Waals surface area contributed by atoms with Gasteiger partial charge in [-0.1, -0.05) is 0 Å². The molecule has 0 bridgehead atoms. The van der Waals surface area contributed by atoms with E-state index >= 15 is 0 Å². The van der Waals surface area contributed by atoms with E-state index in [-0.39, 0.29) is 0 Å². The van der Waals surface area contributed by atoms with Crippen molar-refractivity contribution in [3.8, 4) is 6.07 Å². The number of aromatic carboxylic acids is 1. The number of carbonyl (C=O) groups is 1. The number of hydrogen-bond acceptors (Lipinski definition) is 5. The van der Waals surface area contributed by atoms with Crippen LogP contribution in [0.5, 0.6) is 0 Å². The van der Waals surface area contributed by atoms with Crippen LogP contribution in [0.4, 0.5) is 14.5 Å². The molecule has 1 N–H and O–H groups in total. The van der Waals surface area contributed by atoms with Crippen LogP contribution >= 0.6 is 0 Å². The molecule has 0 unspecified atom stereocenters. The molecule has 0 saturated heterocycles. The first kappa shape index (κ1) is 12.4. The van der Waals surface area contributed by atoms with Gasteiger partial charge in [0.15, 0.2) is 11.3 Å². The number of carboxylic acids is 1. The first-order valence-corrected chi connectivity index (χ1v) is 3.99. The summed E-state index contributed by atoms with van der Waals surface area (Å²) >= 11 is 0. The standard InChI is InChI=1S/C8H3F2N3O4/c9-7(10)5-6(13(16)17)4(8(14)15)3(1-11)2-12-5/h2,7H,(H,14,15). The molecule has 0 atom stereocenters. The van der Waals surface area contributed by atoms with Gasteiger partial charge in [-0.3, -0.25) is 10.1 Å². The number of rotatable bonds is 3. The molecule has 7 nitrogen and oxygen atoms in total. The number of nitro groups is 1. The van der Waals surface area contributed by atoms with Crippen LogP contribution in [0, 0.1) is 21.4 Å². The summed E-state index contributed by atoms with van der Waals surface area (Å²) in [6.45, 7) is 0. The summed E-state index contributed by atoms with van der Waals surface area (Å²) in [6.07, 6.45) is -2.74. The van der Waals surface area contributed by atoms with Crippen molar-refractivity contribution in [2.75, 3.05) is 0 Å². The van der Waals surface area contributed by atoms with E-state index in [1.54, 1.807) is 0 Å². The zero-order valence-corrected chi connectivity index (χ0v) is 7.92. The van der Waals surface area contributed by atoms with E-state index in [0.717, 1.165) is 0 Å². The van der Waals surface area contributed by atoms with E-state index in [0.29, 0.717) is 6.20 Å². The minimum Gasteiger partial charge on any atom is -0.477 e. The first-order chi connectivity index (χ1) is 7.90. The van der Waals surface area contributed by atoms with Gasteiger partial charge in [-0.2, -0.15) is 5.26 Å². The lowest BCUT2D eigenvalue weighted by atomic mass is 10.1. The summed E-state index contributed by atoms with van der Waals surface area (Å²) in [5.41, 5.74) is -4.35. The molecule has 88 valence electrons. The quantitative estimate of drug-likeness (QED) is 0.634. The molecule has 9 heteroatoms. The van der Waals surface area contributed by atoms with Gasteiger partial charge in [0.2, 0.25) is 0 Å². The molecule has 0 aliphatic carbocycles. The Morgan fingerprint density at radius 3 is 2.59 bits per heavy atom. The Hall–Kier alpha value is -2.63. The van der Waals surface area contributed by atoms with Gasteiger partial charge >= 0.3 is 11.7 Å². The molecule has 1 aromatic rings. The van der Waals surface area contributed by atoms with Crippen LogP contribution in [0.15, 0.2) is 6.20 Å². The number of halogens is 2. The maximum atomic E-state index is 12.4. The highest BCUT2D eigenvalue weighted by Crippen LogP contribution is 2.31. The topological polar surface area (TPSA) is 117 Å². The molecule has 0 radical (unpaired) electrons. The van der Waals surface area contributed by atoms with Gasteiger partial charge in [0.25, 0.3) is 6.43 Å². The van der Waals surface area contributed by atoms with Crippen molar-refractivity contribution in [3.63, 3.8) is 0 Å². The molecule has 17 heavy (non-hydrogen) atoms. The van der Waals surface area contributed by atoms with E-state index in [2.05, 4.69) is 4.98 Å². The molecule has 0 amide bonds. The maximum absolute atomic E-state index is 12.4. The van der Waals surface area contributed by atoms with Gasteiger partial charge < -0.3 is 5.11 Å². The zero-order valence-electron chi connectivity index (χ0n) is 7.92. The van der Waals surface area contributed by atoms with Crippen LogP contribution in [-0.4, -0.2) is 21.0 Å². The van der Waals surface area contributed by atoms with Gasteiger partial charge in [0.05, 0.1) is 10.5 Å². The number of hydrogen-bond donors (Lipinski definition) is 1. The molecular weight excluding hydrogens is 240 g/mol. The van der Waals surface area contributed by atoms with Crippen LogP contribution in [-0.2, 0) is 0 Å². The third kappa shape index (κ3) is 2.15. The van der Waals surface area contributed by atoms with Crippen LogP contribution in [0.3, 0.4) is 0 Å². The number of nitriles is 1. The fraction of sp³-hybridized carbons (Fsp3) is 0.125. The Morgan fingerprint density at radius 1 is 1.65 bits per heavy atom. The molecule has 1 rings (SSSR count). The van der Waals surface area contributed by atoms with Gasteiger partial charge in [-0.15, -0.1) is 0 Å². The van der Waals surface area contributed by atoms with Crippen molar-refractivity contribution in [1.82, 2.24) is 4.98 Å². The summed E-state index contributed by atoms with van der Waals surface area (Å²) in [6, 6.07) is 1.35. The van der Waals surface area contributed by atoms with Gasteiger partial charge in [-0.25, -0.2) is 18.6 Å². The van der Waals surface area contributed by atoms with Crippen molar-refractivity contribution in [2.24, 2.45) is 0 Å². The second-order valence-corrected chi connectivity index (χ2v) is 2.76. The summed E-state index contributed by atoms with van der Waals surface area (Å²) in [4.78, 5) is 23.1. The number of alkyl halides is 2. The molecule has 1 aromatic heterocycles. The Labute approximate surface area is 92.1 Å². The largest absolute Gasteiger partial charge is 0.477 e. The zero-order chi connectivity index (χ0) is 13.2. The van der Waals surface area contributed by atoms with Crippen molar-refractivity contribution in [3.05, 3.63) is 33.1 Å². The maximum Gasteiger partial charge on any atom is 0.344 e. The van der Waals surface area contributed by atoms with Crippen molar-refractivity contribution in [1.29, 1.82) is 5.26 Å². The van der Waals surface area contributed by atoms with Crippen molar-refractivity contribution in [2.45, 2.75) is 6.43 Å². The molecule has 1 heterocycles. The molecule has 0 aromatic carbocycles. The average molecular weight is 243 g/mol. The predicted octanol–water partition coefficient (Wildman–Crippen LogP) is 1.50. The van der Waals surface area contributed by atoms with Crippen LogP contribution in [0.1, 0.15) is 28.0 Å². The minimum absolute atomic E-state index is 0.567. The second-order valence-electron chi connectivity index (χ2n) is 2.76. The molecule has 0 saturated carbocycles. The van der Waals surface area contributed by atoms with Gasteiger partial charge in [-0.05, 0) is 0 Å². The normalized spacial score (nSPS) is 10.0. The molecule has 0 spiro atoms. The summed E-state index contributed by atoms with van der Waals surface area (Å²) in [5, 5.41) is 27.8. The predicted molar refractivity (Wildman–Crippen MR) is 47.5 cm³/mol. The summed E-state index contributed by atoms with van der Waals surface area (Å²) in [7, 11) is 0. The van der Waals surface area contributed by atoms with E-state index < -0.39 is 39.8 Å². The fourth-order valence-corrected chi connectivity index (χ4v) is 1.16. The lowest BCUT2D eigenvalue weighted by molar-refractivity contribution is -0.387. The van der Waals surface area contributed by atoms with Gasteiger partial charge in [0, 0.05) is 6.20 Å². The number of pyridine rings is 1. The third-order valence-corrected chi connectivity index (χ3v) is 1.81. The highest BCUT2D eigenvalue weighted by Gasteiger charge is 2.33. The van der Waals surface area contributed by atoms with E-state index in [1.165, 1.54) is 6.07 Å². The van der Waals surface area contributed by atoms with Crippen molar-refractivity contribution >= 4 is 11.7 Å². The van der Waals surface area contributed by atoms with E-state index in [1.807, 2.05) is 0 Å². The smallest absolute Gasteiger partial charge is 0.344 e. The van der Waals surface area contributed by atoms with Crippen LogP contribution in [0.2, 0.25) is 0 Å². The Morgan fingerprint density at radius 2 is 2.24 bits per heavy atom. The van der Waals surface area contributed by atoms with E-state index in [4.69, 9.17) is 10.4 Å². The molecule has 0 aliphatic rings. The second kappa shape index (κ2) is 4.48. The third-order valence-electron chi connectivity index (χ3n) is 1.81. The minimum atomic E-state index is -3.30. The lowest BCUT2D eigenvalue weighted by Gasteiger charge is -2.04. The number of nitrogens with zero attached hydrogens (tertiary/aromatic N) is 3. The highest BCUT2D eigenvalue weighted by atomic mass is 19.3. The monoisotopic (exact) mass is 243 g/mol. The fourth-order valence-electron chi connectivity index (χ4n) is 1.16. The average Bonchev–Trinajstić information content (AvgIpc) is 2.26. The molecule has 0 aliphatic heterocycles. The SMILES string of the molecule is N#Cc1cnc(C(F)F)c([N+](=O)[O-])c1C(=O)O. The summed E-state index contributed by atoms with van der Waals surface area (Å²) in [5.74, 6) is -1.84. The van der Waals surface area contributed by atoms with Crippen LogP contribution < -0.4 is 0 Å². The number of aromatic nitrogens is 1. The summed E-state index contributed by atoms with van der Waals surface area (Å²) < 4.78 is 24.8. The Kier molecular flexibility index (Phi) is 3.28. The van der Waals surface area contributed by atoms with Gasteiger partial charge in [0.1, 0.15) is 6.07 Å². The molecule has 0 fully saturated rings. The lowest BCUT2D eigenvalue weighted by Crippen LogP contribution is -2.10. The number of carboxylic acid groups (broad SMARTS) is 1. The van der Waals surface area contributed by atoms with Crippen LogP contribution in [0.25, 0.3) is 0 Å². The first-order valence-electron chi connectivity index (χ1n) is 3.99. The highest BCUT2D eigenvalue weighted by molar-refractivity contribution is 5.95. The van der Waals surface area contributed by atoms with Crippen molar-refractivity contribution < 1.29 is 23.6 Å². The Balaban J connectivity index is 3.73.